The van der Waals surface area contributed by atoms with Gasteiger partial charge >= 0.3 is 0 Å². The van der Waals surface area contributed by atoms with Gasteiger partial charge < -0.3 is 9.64 Å². The van der Waals surface area contributed by atoms with Crippen molar-refractivity contribution in [2.24, 2.45) is 11.8 Å². The number of fused-ring (bicyclic) bond motifs is 6. The van der Waals surface area contributed by atoms with E-state index in [0.29, 0.717) is 29.3 Å². The Morgan fingerprint density at radius 2 is 1.14 bits per heavy atom. The van der Waals surface area contributed by atoms with Gasteiger partial charge in [-0.3, -0.25) is 0 Å². The zero-order valence-corrected chi connectivity index (χ0v) is 27.3. The highest BCUT2D eigenvalue weighted by molar-refractivity contribution is 5.76. The molecule has 0 bridgehead atoms. The summed E-state index contributed by atoms with van der Waals surface area (Å²) in [5.74, 6) is 3.76. The summed E-state index contributed by atoms with van der Waals surface area (Å²) in [5.41, 5.74) is 7.80. The Labute approximate surface area is 292 Å². The van der Waals surface area contributed by atoms with Crippen LogP contribution in [0.25, 0.3) is 39.7 Å². The van der Waals surface area contributed by atoms with E-state index in [1.54, 1.807) is 0 Å². The van der Waals surface area contributed by atoms with Crippen LogP contribution in [0.1, 0.15) is 17.0 Å². The minimum absolute atomic E-state index is 0.0815. The molecule has 5 nitrogen and oxygen atoms in total. The Bertz CT molecular complexity index is 2230. The van der Waals surface area contributed by atoms with Crippen molar-refractivity contribution in [3.8, 4) is 39.9 Å². The average Bonchev–Trinajstić information content (AvgIpc) is 3.73. The minimum Gasteiger partial charge on any atom is -0.485 e. The maximum atomic E-state index is 6.75. The third kappa shape index (κ3) is 4.88. The van der Waals surface area contributed by atoms with E-state index in [9.17, 15) is 0 Å². The zero-order valence-electron chi connectivity index (χ0n) is 27.3. The van der Waals surface area contributed by atoms with Crippen molar-refractivity contribution in [1.29, 1.82) is 0 Å². The molecule has 0 spiro atoms. The van der Waals surface area contributed by atoms with Gasteiger partial charge in [-0.25, -0.2) is 15.0 Å². The lowest BCUT2D eigenvalue weighted by molar-refractivity contribution is 0.252. The summed E-state index contributed by atoms with van der Waals surface area (Å²) in [5, 5.41) is 0. The molecule has 6 atom stereocenters. The molecule has 5 aliphatic rings. The van der Waals surface area contributed by atoms with E-state index in [1.165, 1.54) is 22.4 Å². The van der Waals surface area contributed by atoms with Crippen LogP contribution in [0.2, 0.25) is 0 Å². The highest BCUT2D eigenvalue weighted by Crippen LogP contribution is 2.49. The van der Waals surface area contributed by atoms with Gasteiger partial charge in [0.1, 0.15) is 11.9 Å². The molecule has 5 heteroatoms. The Hall–Kier alpha value is -6.07. The fraction of sp³-hybridized carbons (Fsp3) is 0.133. The van der Waals surface area contributed by atoms with Gasteiger partial charge in [0.2, 0.25) is 0 Å². The maximum absolute atomic E-state index is 6.75. The van der Waals surface area contributed by atoms with Crippen LogP contribution in [-0.2, 0) is 0 Å². The quantitative estimate of drug-likeness (QED) is 0.191. The number of likely N-dealkylation sites (tertiary alicyclic amines) is 1. The third-order valence-corrected chi connectivity index (χ3v) is 10.6. The number of nitrogens with zero attached hydrogens (tertiary/aromatic N) is 4. The van der Waals surface area contributed by atoms with E-state index in [1.807, 2.05) is 60.7 Å². The first-order chi connectivity index (χ1) is 24.8. The fourth-order valence-corrected chi connectivity index (χ4v) is 8.26. The lowest BCUT2D eigenvalue weighted by Gasteiger charge is -2.35. The SMILES string of the molecule is C1=CC2C3C=C(c4ccccc4)C=CC3N(C3=CC4Oc5cc(-c6nc(-c7ccccc7)nc(-c7ccccc7)n6)ccc5C4C=C3)C2C=C1. The molecule has 4 aromatic carbocycles. The van der Waals surface area contributed by atoms with E-state index >= 15 is 0 Å². The van der Waals surface area contributed by atoms with E-state index in [2.05, 4.69) is 114 Å². The normalized spacial score (nSPS) is 25.2. The predicted octanol–water partition coefficient (Wildman–Crippen LogP) is 9.24. The van der Waals surface area contributed by atoms with Crippen molar-refractivity contribution >= 4 is 5.57 Å². The van der Waals surface area contributed by atoms with Crippen molar-refractivity contribution in [1.82, 2.24) is 19.9 Å². The molecule has 5 aromatic rings. The monoisotopic (exact) mass is 646 g/mol. The van der Waals surface area contributed by atoms with Crippen LogP contribution in [0.3, 0.4) is 0 Å². The van der Waals surface area contributed by atoms with Crippen molar-refractivity contribution in [3.05, 3.63) is 187 Å². The fourth-order valence-electron chi connectivity index (χ4n) is 8.26. The Balaban J connectivity index is 0.965. The van der Waals surface area contributed by atoms with Crippen LogP contribution >= 0.6 is 0 Å². The maximum Gasteiger partial charge on any atom is 0.164 e. The summed E-state index contributed by atoms with van der Waals surface area (Å²) in [4.78, 5) is 17.4. The van der Waals surface area contributed by atoms with Gasteiger partial charge in [-0.05, 0) is 29.4 Å². The van der Waals surface area contributed by atoms with Crippen LogP contribution < -0.4 is 4.74 Å². The van der Waals surface area contributed by atoms with Gasteiger partial charge in [0.05, 0.1) is 12.1 Å². The Morgan fingerprint density at radius 1 is 0.520 bits per heavy atom. The number of allylic oxidation sites excluding steroid dienone is 5. The first kappa shape index (κ1) is 28.9. The van der Waals surface area contributed by atoms with Crippen LogP contribution in [0.4, 0.5) is 0 Å². The molecule has 50 heavy (non-hydrogen) atoms. The molecule has 240 valence electrons. The highest BCUT2D eigenvalue weighted by Gasteiger charge is 2.47. The summed E-state index contributed by atoms with van der Waals surface area (Å²) < 4.78 is 6.75. The minimum atomic E-state index is -0.0815. The summed E-state index contributed by atoms with van der Waals surface area (Å²) >= 11 is 0. The average molecular weight is 647 g/mol. The van der Waals surface area contributed by atoms with E-state index < -0.39 is 0 Å². The van der Waals surface area contributed by atoms with Gasteiger partial charge in [-0.2, -0.15) is 0 Å². The lowest BCUT2D eigenvalue weighted by Crippen LogP contribution is -2.37. The zero-order chi connectivity index (χ0) is 33.0. The van der Waals surface area contributed by atoms with Gasteiger partial charge in [-0.1, -0.05) is 152 Å². The summed E-state index contributed by atoms with van der Waals surface area (Å²) in [6.45, 7) is 0. The van der Waals surface area contributed by atoms with E-state index in [-0.39, 0.29) is 24.1 Å². The third-order valence-electron chi connectivity index (χ3n) is 10.6. The number of hydrogen-bond donors (Lipinski definition) is 0. The number of aromatic nitrogens is 3. The number of benzene rings is 4. The first-order valence-corrected chi connectivity index (χ1v) is 17.4. The standard InChI is InChI=1S/C45H34N4O/c1-4-12-29(13-5-1)32-21-25-40-38(26-32)35-18-10-11-19-39(35)49(40)34-22-24-37-36-23-20-33(27-41(36)50-42(37)28-34)45-47-43(30-14-6-2-7-15-30)46-44(48-45)31-16-8-3-9-17-31/h1-28,35,37-40,42H. The number of ether oxygens (including phenoxy) is 1. The molecule has 1 aromatic heterocycles. The smallest absolute Gasteiger partial charge is 0.164 e. The molecular formula is C45H34N4O. The lowest BCUT2D eigenvalue weighted by atomic mass is 9.80. The molecule has 6 unspecified atom stereocenters. The molecule has 2 aliphatic heterocycles. The Kier molecular flexibility index (Phi) is 6.83. The van der Waals surface area contributed by atoms with Crippen molar-refractivity contribution < 1.29 is 4.74 Å². The summed E-state index contributed by atoms with van der Waals surface area (Å²) in [6.07, 6.45) is 23.3. The molecule has 0 saturated carbocycles. The van der Waals surface area contributed by atoms with E-state index in [4.69, 9.17) is 19.7 Å². The van der Waals surface area contributed by atoms with Gasteiger partial charge in [0.25, 0.3) is 0 Å². The number of rotatable bonds is 5. The molecular weight excluding hydrogens is 613 g/mol. The topological polar surface area (TPSA) is 51.1 Å². The van der Waals surface area contributed by atoms with Crippen LogP contribution in [0.15, 0.2) is 176 Å². The second-order valence-electron chi connectivity index (χ2n) is 13.5. The Morgan fingerprint density at radius 3 is 1.84 bits per heavy atom. The molecule has 3 aliphatic carbocycles. The van der Waals surface area contributed by atoms with Crippen LogP contribution in [0, 0.1) is 11.8 Å². The van der Waals surface area contributed by atoms with Crippen LogP contribution in [0.5, 0.6) is 5.75 Å². The molecule has 1 saturated heterocycles. The molecule has 0 N–H and O–H groups in total. The van der Waals surface area contributed by atoms with Crippen molar-refractivity contribution in [2.75, 3.05) is 0 Å². The highest BCUT2D eigenvalue weighted by atomic mass is 16.5. The van der Waals surface area contributed by atoms with Crippen molar-refractivity contribution in [3.63, 3.8) is 0 Å². The summed E-state index contributed by atoms with van der Waals surface area (Å²) in [7, 11) is 0. The van der Waals surface area contributed by atoms with Gasteiger partial charge in [0, 0.05) is 45.7 Å². The van der Waals surface area contributed by atoms with Gasteiger partial charge in [0.15, 0.2) is 17.5 Å². The molecule has 0 amide bonds. The first-order valence-electron chi connectivity index (χ1n) is 17.4. The van der Waals surface area contributed by atoms with Crippen LogP contribution in [-0.4, -0.2) is 38.0 Å². The van der Waals surface area contributed by atoms with E-state index in [0.717, 1.165) is 22.4 Å². The van der Waals surface area contributed by atoms with Crippen molar-refractivity contribution in [2.45, 2.75) is 24.1 Å². The molecule has 1 fully saturated rings. The molecule has 0 radical (unpaired) electrons. The molecule has 10 rings (SSSR count). The second kappa shape index (κ2) is 11.8. The number of hydrogen-bond acceptors (Lipinski definition) is 5. The van der Waals surface area contributed by atoms with Gasteiger partial charge in [-0.15, -0.1) is 0 Å². The molecule has 3 heterocycles. The second-order valence-corrected chi connectivity index (χ2v) is 13.5. The summed E-state index contributed by atoms with van der Waals surface area (Å²) in [6, 6.07) is 37.9. The predicted molar refractivity (Wildman–Crippen MR) is 199 cm³/mol. The largest absolute Gasteiger partial charge is 0.485 e.